The van der Waals surface area contributed by atoms with Crippen LogP contribution in [-0.2, 0) is 22.6 Å². The first kappa shape index (κ1) is 23.4. The lowest BCUT2D eigenvalue weighted by Gasteiger charge is -2.48. The highest BCUT2D eigenvalue weighted by Gasteiger charge is 2.50. The molecule has 2 amide bonds. The van der Waals surface area contributed by atoms with Crippen LogP contribution in [0.1, 0.15) is 34.8 Å². The van der Waals surface area contributed by atoms with E-state index in [4.69, 9.17) is 4.63 Å². The average molecular weight is 533 g/mol. The zero-order valence-corrected chi connectivity index (χ0v) is 21.9. The van der Waals surface area contributed by atoms with Gasteiger partial charge in [0.1, 0.15) is 23.6 Å². The van der Waals surface area contributed by atoms with Crippen LogP contribution in [0.4, 0.5) is 0 Å². The molecule has 3 aromatic carbocycles. The summed E-state index contributed by atoms with van der Waals surface area (Å²) in [6.45, 7) is 2.63. The third kappa shape index (κ3) is 3.65. The molecule has 40 heavy (non-hydrogen) atoms. The number of nitrogens with zero attached hydrogens (tertiary/aromatic N) is 5. The molecule has 9 heteroatoms. The highest BCUT2D eigenvalue weighted by atomic mass is 16.6. The van der Waals surface area contributed by atoms with Crippen LogP contribution in [0.15, 0.2) is 77.4 Å². The molecule has 3 aliphatic rings. The summed E-state index contributed by atoms with van der Waals surface area (Å²) in [6, 6.07) is 23.3. The molecule has 0 spiro atoms. The van der Waals surface area contributed by atoms with Crippen LogP contribution in [0.3, 0.4) is 0 Å². The number of carbonyl (C=O) groups is 2. The number of rotatable bonds is 4. The van der Waals surface area contributed by atoms with Crippen LogP contribution >= 0.6 is 0 Å². The van der Waals surface area contributed by atoms with Crippen molar-refractivity contribution < 1.29 is 14.2 Å². The fraction of sp³-hybridized carbons (Fsp3) is 0.290. The number of likely N-dealkylation sites (tertiary alicyclic amines) is 1. The molecule has 5 heterocycles. The number of fused-ring (bicyclic) bond motifs is 5. The van der Waals surface area contributed by atoms with Gasteiger partial charge in [-0.2, -0.15) is 0 Å². The average Bonchev–Trinajstić information content (AvgIpc) is 3.72. The third-order valence-corrected chi connectivity index (χ3v) is 8.82. The first-order chi connectivity index (χ1) is 19.6. The Bertz CT molecular complexity index is 1760. The van der Waals surface area contributed by atoms with Crippen molar-refractivity contribution >= 4 is 33.8 Å². The topological polar surface area (TPSA) is 98.6 Å². The zero-order chi connectivity index (χ0) is 26.8. The van der Waals surface area contributed by atoms with Crippen LogP contribution < -0.4 is 0 Å². The highest BCUT2D eigenvalue weighted by molar-refractivity contribution is 5.98. The summed E-state index contributed by atoms with van der Waals surface area (Å²) >= 11 is 0. The first-order valence-electron chi connectivity index (χ1n) is 13.8. The number of benzene rings is 3. The molecular formula is C31H28N6O3. The Morgan fingerprint density at radius 3 is 2.67 bits per heavy atom. The van der Waals surface area contributed by atoms with Crippen molar-refractivity contribution in [1.29, 1.82) is 0 Å². The fourth-order valence-electron chi connectivity index (χ4n) is 6.96. The van der Waals surface area contributed by atoms with Gasteiger partial charge in [-0.15, -0.1) is 0 Å². The largest absolute Gasteiger partial charge is 0.356 e. The third-order valence-electron chi connectivity index (χ3n) is 8.82. The second kappa shape index (κ2) is 9.02. The molecule has 2 aromatic heterocycles. The molecule has 0 bridgehead atoms. The number of piperazine rings is 1. The Morgan fingerprint density at radius 2 is 1.77 bits per heavy atom. The minimum Gasteiger partial charge on any atom is -0.356 e. The van der Waals surface area contributed by atoms with Gasteiger partial charge in [0, 0.05) is 48.7 Å². The number of hydrogen-bond donors (Lipinski definition) is 1. The molecular weight excluding hydrogens is 504 g/mol. The van der Waals surface area contributed by atoms with Gasteiger partial charge < -0.3 is 14.8 Å². The van der Waals surface area contributed by atoms with Gasteiger partial charge >= 0.3 is 0 Å². The Labute approximate surface area is 230 Å². The zero-order valence-electron chi connectivity index (χ0n) is 21.9. The Morgan fingerprint density at radius 1 is 0.950 bits per heavy atom. The fourth-order valence-corrected chi connectivity index (χ4v) is 6.96. The van der Waals surface area contributed by atoms with Gasteiger partial charge in [-0.25, -0.2) is 4.63 Å². The lowest BCUT2D eigenvalue weighted by Crippen LogP contribution is -2.65. The molecule has 9 nitrogen and oxygen atoms in total. The van der Waals surface area contributed by atoms with Gasteiger partial charge in [-0.3, -0.25) is 14.5 Å². The molecule has 3 atom stereocenters. The normalized spacial score (nSPS) is 23.2. The lowest BCUT2D eigenvalue weighted by atomic mass is 9.85. The van der Waals surface area contributed by atoms with Crippen LogP contribution in [-0.4, -0.2) is 73.5 Å². The molecule has 8 rings (SSSR count). The Kier molecular flexibility index (Phi) is 5.28. The van der Waals surface area contributed by atoms with E-state index in [0.717, 1.165) is 53.8 Å². The predicted molar refractivity (Wildman–Crippen MR) is 148 cm³/mol. The maximum Gasteiger partial charge on any atom is 0.246 e. The van der Waals surface area contributed by atoms with E-state index >= 15 is 0 Å². The van der Waals surface area contributed by atoms with Crippen LogP contribution in [0.2, 0.25) is 0 Å². The standard InChI is InChI=1S/C31H28N6O3/c38-28-18-36(21-12-13-35(17-21)16-19-6-2-1-3-7-19)31(39)27-15-23-22-8-4-5-9-24(22)32-29(23)30(37(27)28)20-10-11-25-26(14-20)34-40-33-25/h1-11,14,21,27,30,32H,12-13,15-18H2/t21-,27-,30-/m1/s1. The Balaban J connectivity index is 1.15. The van der Waals surface area contributed by atoms with Crippen molar-refractivity contribution in [1.82, 2.24) is 30.0 Å². The maximum atomic E-state index is 14.2. The number of amides is 2. The molecule has 5 aromatic rings. The van der Waals surface area contributed by atoms with Gasteiger partial charge in [0.2, 0.25) is 11.8 Å². The number of nitrogens with one attached hydrogen (secondary N) is 1. The number of para-hydroxylation sites is 1. The van der Waals surface area contributed by atoms with E-state index < -0.39 is 12.1 Å². The number of carbonyl (C=O) groups excluding carboxylic acids is 2. The van der Waals surface area contributed by atoms with Crippen molar-refractivity contribution in [2.24, 2.45) is 0 Å². The van der Waals surface area contributed by atoms with E-state index in [-0.39, 0.29) is 24.4 Å². The molecule has 2 fully saturated rings. The molecule has 0 unspecified atom stereocenters. The lowest BCUT2D eigenvalue weighted by molar-refractivity contribution is -0.160. The number of aromatic nitrogens is 3. The smallest absolute Gasteiger partial charge is 0.246 e. The molecule has 0 radical (unpaired) electrons. The molecule has 2 saturated heterocycles. The van der Waals surface area contributed by atoms with E-state index in [1.54, 1.807) is 0 Å². The van der Waals surface area contributed by atoms with Crippen molar-refractivity contribution in [2.45, 2.75) is 37.5 Å². The first-order valence-corrected chi connectivity index (χ1v) is 13.8. The highest BCUT2D eigenvalue weighted by Crippen LogP contribution is 2.43. The van der Waals surface area contributed by atoms with Gasteiger partial charge in [0.15, 0.2) is 0 Å². The molecule has 0 aliphatic carbocycles. The van der Waals surface area contributed by atoms with E-state index in [1.165, 1.54) is 5.56 Å². The summed E-state index contributed by atoms with van der Waals surface area (Å²) in [7, 11) is 0. The van der Waals surface area contributed by atoms with Gasteiger partial charge in [-0.1, -0.05) is 54.6 Å². The van der Waals surface area contributed by atoms with E-state index in [9.17, 15) is 9.59 Å². The van der Waals surface area contributed by atoms with Gasteiger partial charge in [-0.05, 0) is 51.6 Å². The SMILES string of the molecule is O=C1[C@H]2Cc3c([nH]c4ccccc34)[C@@H](c3ccc4nonc4c3)N2C(=O)CN1[C@@H]1CCN(Cc2ccccc2)C1. The van der Waals surface area contributed by atoms with Crippen LogP contribution in [0, 0.1) is 0 Å². The molecule has 3 aliphatic heterocycles. The van der Waals surface area contributed by atoms with Gasteiger partial charge in [0.25, 0.3) is 0 Å². The maximum absolute atomic E-state index is 14.2. The molecule has 1 N–H and O–H groups in total. The summed E-state index contributed by atoms with van der Waals surface area (Å²) in [4.78, 5) is 37.9. The van der Waals surface area contributed by atoms with E-state index in [2.05, 4.69) is 50.5 Å². The van der Waals surface area contributed by atoms with Crippen molar-refractivity contribution in [2.75, 3.05) is 19.6 Å². The molecule has 200 valence electrons. The summed E-state index contributed by atoms with van der Waals surface area (Å²) < 4.78 is 4.93. The summed E-state index contributed by atoms with van der Waals surface area (Å²) in [5.41, 5.74) is 6.48. The second-order valence-corrected chi connectivity index (χ2v) is 11.1. The number of aromatic amines is 1. The van der Waals surface area contributed by atoms with E-state index in [1.807, 2.05) is 52.3 Å². The second-order valence-electron chi connectivity index (χ2n) is 11.1. The predicted octanol–water partition coefficient (Wildman–Crippen LogP) is 3.66. The quantitative estimate of drug-likeness (QED) is 0.379. The van der Waals surface area contributed by atoms with Crippen LogP contribution in [0.25, 0.3) is 21.9 Å². The minimum atomic E-state index is -0.563. The Hall–Kier alpha value is -4.50. The molecule has 0 saturated carbocycles. The summed E-state index contributed by atoms with van der Waals surface area (Å²) in [5.74, 6) is 0.00932. The number of H-pyrrole nitrogens is 1. The van der Waals surface area contributed by atoms with E-state index in [0.29, 0.717) is 17.5 Å². The summed E-state index contributed by atoms with van der Waals surface area (Å²) in [5, 5.41) is 9.07. The number of hydrogen-bond acceptors (Lipinski definition) is 6. The van der Waals surface area contributed by atoms with Crippen LogP contribution in [0.5, 0.6) is 0 Å². The monoisotopic (exact) mass is 532 g/mol. The summed E-state index contributed by atoms with van der Waals surface area (Å²) in [6.07, 6.45) is 1.36. The van der Waals surface area contributed by atoms with Crippen molar-refractivity contribution in [3.8, 4) is 0 Å². The van der Waals surface area contributed by atoms with Gasteiger partial charge in [0.05, 0.1) is 6.04 Å². The minimum absolute atomic E-state index is 0.0289. The van der Waals surface area contributed by atoms with Crippen molar-refractivity contribution in [3.05, 3.63) is 95.2 Å². The van der Waals surface area contributed by atoms with Crippen molar-refractivity contribution in [3.63, 3.8) is 0 Å².